The zero-order chi connectivity index (χ0) is 32.9. The molecule has 2 amide bonds. The zero-order valence-corrected chi connectivity index (χ0v) is 28.0. The monoisotopic (exact) mass is 632 g/mol. The van der Waals surface area contributed by atoms with Crippen LogP contribution in [0.25, 0.3) is 0 Å². The molecule has 0 radical (unpaired) electrons. The van der Waals surface area contributed by atoms with Gasteiger partial charge in [0.2, 0.25) is 11.8 Å². The van der Waals surface area contributed by atoms with E-state index in [-0.39, 0.29) is 42.5 Å². The summed E-state index contributed by atoms with van der Waals surface area (Å²) in [6.45, 7) is 9.66. The second-order valence-electron chi connectivity index (χ2n) is 12.8. The number of hydrogen-bond acceptors (Lipinski definition) is 3. The fourth-order valence-electron chi connectivity index (χ4n) is 6.44. The standard InChI is InChI=1S/C35H45ClN2O4.C3H4/c1-24(2)19-32-30-14-13-29(36)21-31(30)28(12-8-7-11-27-10-6-4-5-9-25(27)3)22-38(35(32)42)23-33(39)37-17-15-26(16-18-37)20-34(40)41;1-3-2/h4-9,11,13-14,21,24-26,28,32H,10,12,15-20,22-23H2,1-3H3,(H,40,41);1H,2H3/b8-7-,27-11-;. The maximum absolute atomic E-state index is 14.1. The molecule has 45 heavy (non-hydrogen) atoms. The number of carbonyl (C=O) groups is 3. The van der Waals surface area contributed by atoms with Gasteiger partial charge in [-0.2, -0.15) is 0 Å². The third-order valence-electron chi connectivity index (χ3n) is 8.83. The zero-order valence-electron chi connectivity index (χ0n) is 27.3. The summed E-state index contributed by atoms with van der Waals surface area (Å²) in [4.78, 5) is 42.3. The molecule has 1 fully saturated rings. The molecule has 242 valence electrons. The van der Waals surface area contributed by atoms with Gasteiger partial charge in [-0.25, -0.2) is 0 Å². The van der Waals surface area contributed by atoms with Gasteiger partial charge in [-0.15, -0.1) is 12.3 Å². The summed E-state index contributed by atoms with van der Waals surface area (Å²) in [5.74, 6) is 1.86. The van der Waals surface area contributed by atoms with E-state index in [0.717, 1.165) is 24.0 Å². The molecule has 3 aliphatic rings. The van der Waals surface area contributed by atoms with Crippen LogP contribution in [0.2, 0.25) is 5.02 Å². The highest BCUT2D eigenvalue weighted by atomic mass is 35.5. The molecule has 1 aromatic rings. The number of piperidine rings is 1. The minimum Gasteiger partial charge on any atom is -0.481 e. The summed E-state index contributed by atoms with van der Waals surface area (Å²) in [6.07, 6.45) is 23.5. The van der Waals surface area contributed by atoms with Crippen molar-refractivity contribution in [1.82, 2.24) is 9.80 Å². The van der Waals surface area contributed by atoms with Crippen LogP contribution < -0.4 is 0 Å². The molecule has 0 spiro atoms. The first-order valence-corrected chi connectivity index (χ1v) is 16.6. The number of halogens is 1. The molecule has 0 aromatic heterocycles. The predicted octanol–water partition coefficient (Wildman–Crippen LogP) is 7.77. The maximum Gasteiger partial charge on any atom is 0.303 e. The van der Waals surface area contributed by atoms with Crippen molar-refractivity contribution in [1.29, 1.82) is 0 Å². The van der Waals surface area contributed by atoms with E-state index in [2.05, 4.69) is 75.6 Å². The lowest BCUT2D eigenvalue weighted by Crippen LogP contribution is -2.47. The van der Waals surface area contributed by atoms with Crippen LogP contribution in [0.4, 0.5) is 0 Å². The van der Waals surface area contributed by atoms with Gasteiger partial charge in [0, 0.05) is 37.0 Å². The SMILES string of the molecule is C#CC.CC(C)CC1C(=O)N(CC(=O)N2CCC(CC(=O)O)CC2)CC(C/C=C\C=C2\CC=CC=CC2C)c2cc(Cl)ccc21. The van der Waals surface area contributed by atoms with E-state index in [0.29, 0.717) is 55.8 Å². The Hall–Kier alpha value is -3.56. The Morgan fingerprint density at radius 3 is 2.56 bits per heavy atom. The fraction of sp³-hybridized carbons (Fsp3) is 0.500. The maximum atomic E-state index is 14.1. The third kappa shape index (κ3) is 10.8. The average molecular weight is 633 g/mol. The molecule has 6 nitrogen and oxygen atoms in total. The van der Waals surface area contributed by atoms with Gasteiger partial charge in [0.1, 0.15) is 0 Å². The quantitative estimate of drug-likeness (QED) is 0.282. The fourth-order valence-corrected chi connectivity index (χ4v) is 6.62. The number of fused-ring (bicyclic) bond motifs is 1. The minimum absolute atomic E-state index is 0.000776. The first kappa shape index (κ1) is 35.9. The molecule has 0 bridgehead atoms. The van der Waals surface area contributed by atoms with E-state index in [1.165, 1.54) is 5.57 Å². The summed E-state index contributed by atoms with van der Waals surface area (Å²) < 4.78 is 0. The minimum atomic E-state index is -0.792. The largest absolute Gasteiger partial charge is 0.481 e. The van der Waals surface area contributed by atoms with Crippen LogP contribution in [0, 0.1) is 30.1 Å². The van der Waals surface area contributed by atoms with E-state index in [1.54, 1.807) is 16.7 Å². The lowest BCUT2D eigenvalue weighted by molar-refractivity contribution is -0.143. The second kappa shape index (κ2) is 17.8. The van der Waals surface area contributed by atoms with Crippen LogP contribution in [0.15, 0.2) is 66.3 Å². The molecule has 2 heterocycles. The summed E-state index contributed by atoms with van der Waals surface area (Å²) in [6, 6.07) is 5.89. The topological polar surface area (TPSA) is 77.9 Å². The summed E-state index contributed by atoms with van der Waals surface area (Å²) in [5.41, 5.74) is 3.47. The molecule has 1 aromatic carbocycles. The first-order chi connectivity index (χ1) is 21.5. The van der Waals surface area contributed by atoms with Crippen LogP contribution in [0.3, 0.4) is 0 Å². The smallest absolute Gasteiger partial charge is 0.303 e. The van der Waals surface area contributed by atoms with Gasteiger partial charge in [-0.05, 0) is 80.0 Å². The summed E-state index contributed by atoms with van der Waals surface area (Å²) >= 11 is 6.51. The molecule has 3 unspecified atom stereocenters. The second-order valence-corrected chi connectivity index (χ2v) is 13.2. The Bertz CT molecular complexity index is 1340. The number of benzene rings is 1. The van der Waals surface area contributed by atoms with Crippen molar-refractivity contribution >= 4 is 29.4 Å². The highest BCUT2D eigenvalue weighted by Gasteiger charge is 2.37. The molecular formula is C38H49ClN2O4. The summed E-state index contributed by atoms with van der Waals surface area (Å²) in [7, 11) is 0. The van der Waals surface area contributed by atoms with Crippen LogP contribution >= 0.6 is 11.6 Å². The Kier molecular flexibility index (Phi) is 14.2. The Morgan fingerprint density at radius 2 is 1.89 bits per heavy atom. The van der Waals surface area contributed by atoms with Crippen LogP contribution in [-0.2, 0) is 14.4 Å². The number of likely N-dealkylation sites (tertiary alicyclic amines) is 1. The molecule has 1 saturated heterocycles. The van der Waals surface area contributed by atoms with Crippen molar-refractivity contribution in [3.63, 3.8) is 0 Å². The lowest BCUT2D eigenvalue weighted by atomic mass is 9.83. The normalized spacial score (nSPS) is 22.9. The first-order valence-electron chi connectivity index (χ1n) is 16.2. The van der Waals surface area contributed by atoms with Gasteiger partial charge in [0.15, 0.2) is 0 Å². The van der Waals surface area contributed by atoms with Gasteiger partial charge in [0.25, 0.3) is 0 Å². The highest BCUT2D eigenvalue weighted by Crippen LogP contribution is 2.39. The van der Waals surface area contributed by atoms with E-state index in [1.807, 2.05) is 18.2 Å². The third-order valence-corrected chi connectivity index (χ3v) is 9.07. The molecule has 1 aliphatic carbocycles. The number of aliphatic carboxylic acids is 1. The molecule has 1 N–H and O–H groups in total. The number of allylic oxidation sites excluding steroid dienone is 8. The van der Waals surface area contributed by atoms with Crippen molar-refractivity contribution in [3.05, 3.63) is 82.5 Å². The number of carboxylic acid groups (broad SMARTS) is 1. The molecule has 3 atom stereocenters. The van der Waals surface area contributed by atoms with Crippen LogP contribution in [-0.4, -0.2) is 58.9 Å². The van der Waals surface area contributed by atoms with Crippen molar-refractivity contribution < 1.29 is 19.5 Å². The molecule has 4 rings (SSSR count). The number of nitrogens with zero attached hydrogens (tertiary/aromatic N) is 2. The lowest BCUT2D eigenvalue weighted by Gasteiger charge is -2.34. The average Bonchev–Trinajstić information content (AvgIpc) is 3.25. The number of rotatable bonds is 9. The molecule has 2 aliphatic heterocycles. The Labute approximate surface area is 274 Å². The molecule has 0 saturated carbocycles. The predicted molar refractivity (Wildman–Crippen MR) is 183 cm³/mol. The van der Waals surface area contributed by atoms with Crippen molar-refractivity contribution in [2.75, 3.05) is 26.2 Å². The Morgan fingerprint density at radius 1 is 1.18 bits per heavy atom. The van der Waals surface area contributed by atoms with Crippen molar-refractivity contribution in [2.24, 2.45) is 17.8 Å². The number of carbonyl (C=O) groups excluding carboxylic acids is 2. The number of terminal acetylenes is 1. The van der Waals surface area contributed by atoms with E-state index >= 15 is 0 Å². The van der Waals surface area contributed by atoms with Gasteiger partial charge in [-0.1, -0.05) is 86.5 Å². The van der Waals surface area contributed by atoms with Crippen molar-refractivity contribution in [2.45, 2.75) is 78.1 Å². The van der Waals surface area contributed by atoms with Gasteiger partial charge < -0.3 is 14.9 Å². The van der Waals surface area contributed by atoms with E-state index in [9.17, 15) is 14.4 Å². The van der Waals surface area contributed by atoms with Crippen LogP contribution in [0.5, 0.6) is 0 Å². The van der Waals surface area contributed by atoms with E-state index < -0.39 is 5.97 Å². The van der Waals surface area contributed by atoms with Gasteiger partial charge in [0.05, 0.1) is 12.5 Å². The molecular weight excluding hydrogens is 584 g/mol. The van der Waals surface area contributed by atoms with Gasteiger partial charge >= 0.3 is 5.97 Å². The van der Waals surface area contributed by atoms with Crippen LogP contribution in [0.1, 0.15) is 89.2 Å². The summed E-state index contributed by atoms with van der Waals surface area (Å²) in [5, 5.41) is 9.79. The number of amides is 2. The van der Waals surface area contributed by atoms with E-state index in [4.69, 9.17) is 16.7 Å². The van der Waals surface area contributed by atoms with Crippen molar-refractivity contribution in [3.8, 4) is 12.3 Å². The number of hydrogen-bond donors (Lipinski definition) is 1. The Balaban J connectivity index is 0.00000177. The molecule has 7 heteroatoms. The number of carboxylic acids is 1. The van der Waals surface area contributed by atoms with Gasteiger partial charge in [-0.3, -0.25) is 14.4 Å². The highest BCUT2D eigenvalue weighted by molar-refractivity contribution is 6.30.